The Morgan fingerprint density at radius 3 is 2.03 bits per heavy atom. The van der Waals surface area contributed by atoms with Gasteiger partial charge in [0.25, 0.3) is 5.91 Å². The van der Waals surface area contributed by atoms with Crippen molar-refractivity contribution >= 4 is 5.91 Å². The Bertz CT molecular complexity index is 542. The number of hydrogen-bond acceptors (Lipinski definition) is 3. The predicted molar refractivity (Wildman–Crippen MR) is 123 cm³/mol. The zero-order valence-corrected chi connectivity index (χ0v) is 20.3. The molecule has 1 aromatic rings. The molecule has 2 aliphatic heterocycles. The molecular formula is C25H45NO3. The van der Waals surface area contributed by atoms with Gasteiger partial charge in [-0.25, -0.2) is 0 Å². The summed E-state index contributed by atoms with van der Waals surface area (Å²) >= 11 is 0. The van der Waals surface area contributed by atoms with E-state index in [9.17, 15) is 4.79 Å². The number of carbonyl (C=O) groups is 1. The van der Waals surface area contributed by atoms with Crippen LogP contribution < -0.4 is 0 Å². The van der Waals surface area contributed by atoms with E-state index in [2.05, 4.69) is 34.6 Å². The van der Waals surface area contributed by atoms with Crippen molar-refractivity contribution in [3.05, 3.63) is 35.9 Å². The lowest BCUT2D eigenvalue weighted by Crippen LogP contribution is -2.47. The van der Waals surface area contributed by atoms with Crippen LogP contribution in [-0.4, -0.2) is 41.9 Å². The molecule has 2 atom stereocenters. The van der Waals surface area contributed by atoms with Crippen molar-refractivity contribution in [2.45, 2.75) is 99.6 Å². The minimum Gasteiger partial charge on any atom is -0.344 e. The summed E-state index contributed by atoms with van der Waals surface area (Å²) in [5.41, 5.74) is 0.735. The van der Waals surface area contributed by atoms with E-state index in [-0.39, 0.29) is 18.1 Å². The van der Waals surface area contributed by atoms with Gasteiger partial charge in [-0.2, -0.15) is 0 Å². The molecule has 168 valence electrons. The number of fused-ring (bicyclic) bond motifs is 1. The smallest absolute Gasteiger partial charge is 0.253 e. The second-order valence-electron chi connectivity index (χ2n) is 8.13. The van der Waals surface area contributed by atoms with Crippen molar-refractivity contribution in [2.75, 3.05) is 13.1 Å². The maximum atomic E-state index is 12.4. The van der Waals surface area contributed by atoms with Crippen LogP contribution in [0.5, 0.6) is 0 Å². The molecule has 0 saturated carbocycles. The maximum Gasteiger partial charge on any atom is 0.253 e. The van der Waals surface area contributed by atoms with Crippen molar-refractivity contribution in [3.8, 4) is 0 Å². The van der Waals surface area contributed by atoms with Crippen LogP contribution in [0.15, 0.2) is 30.3 Å². The molecule has 0 bridgehead atoms. The summed E-state index contributed by atoms with van der Waals surface area (Å²) in [6.45, 7) is 20.1. The van der Waals surface area contributed by atoms with Crippen LogP contribution in [0, 0.1) is 5.92 Å². The van der Waals surface area contributed by atoms with Gasteiger partial charge in [-0.15, -0.1) is 0 Å². The molecule has 4 heteroatoms. The molecule has 2 heterocycles. The number of likely N-dealkylation sites (tertiary alicyclic amines) is 1. The number of nitrogens with zero attached hydrogens (tertiary/aromatic N) is 1. The monoisotopic (exact) mass is 407 g/mol. The fourth-order valence-electron chi connectivity index (χ4n) is 2.85. The van der Waals surface area contributed by atoms with E-state index >= 15 is 0 Å². The highest BCUT2D eigenvalue weighted by atomic mass is 16.8. The van der Waals surface area contributed by atoms with Gasteiger partial charge in [0.15, 0.2) is 5.79 Å². The number of hydrogen-bond donors (Lipinski definition) is 0. The largest absolute Gasteiger partial charge is 0.344 e. The van der Waals surface area contributed by atoms with Gasteiger partial charge in [-0.1, -0.05) is 79.5 Å². The van der Waals surface area contributed by atoms with E-state index in [0.29, 0.717) is 6.54 Å². The first-order valence-corrected chi connectivity index (χ1v) is 11.4. The standard InChI is InChI=1S/C15H19NO3.C5H12.C3H8.C2H6/c1-15(2)18-12-8-9-16(10-13(12)19-15)14(17)11-6-4-3-5-7-11;1-4-5(2)3;1-3-2;1-2/h3-7,12-13H,8-10H2,1-2H3;5H,4H2,1-3H3;3H2,1-2H3;1-2H3. The fraction of sp³-hybridized carbons (Fsp3) is 0.720. The van der Waals surface area contributed by atoms with Crippen LogP contribution in [0.4, 0.5) is 0 Å². The van der Waals surface area contributed by atoms with Crippen LogP contribution in [0.3, 0.4) is 0 Å². The molecule has 2 saturated heterocycles. The van der Waals surface area contributed by atoms with Crippen molar-refractivity contribution in [1.82, 2.24) is 4.90 Å². The average Bonchev–Trinajstić information content (AvgIpc) is 3.03. The van der Waals surface area contributed by atoms with E-state index in [1.165, 1.54) is 12.8 Å². The lowest BCUT2D eigenvalue weighted by atomic mass is 10.0. The van der Waals surface area contributed by atoms with Gasteiger partial charge in [0.1, 0.15) is 6.10 Å². The molecule has 4 nitrogen and oxygen atoms in total. The number of rotatable bonds is 2. The molecule has 0 spiro atoms. The summed E-state index contributed by atoms with van der Waals surface area (Å²) in [6.07, 6.45) is 3.51. The molecule has 2 aliphatic rings. The lowest BCUT2D eigenvalue weighted by Gasteiger charge is -2.32. The van der Waals surface area contributed by atoms with Gasteiger partial charge < -0.3 is 14.4 Å². The summed E-state index contributed by atoms with van der Waals surface area (Å²) in [5.74, 6) is 0.434. The summed E-state index contributed by atoms with van der Waals surface area (Å²) in [4.78, 5) is 14.2. The first kappa shape index (κ1) is 27.6. The average molecular weight is 408 g/mol. The molecule has 0 aliphatic carbocycles. The van der Waals surface area contributed by atoms with Gasteiger partial charge in [0.05, 0.1) is 6.10 Å². The number of amides is 1. The van der Waals surface area contributed by atoms with Gasteiger partial charge in [-0.3, -0.25) is 4.79 Å². The summed E-state index contributed by atoms with van der Waals surface area (Å²) in [6, 6.07) is 9.39. The third kappa shape index (κ3) is 10.3. The lowest BCUT2D eigenvalue weighted by molar-refractivity contribution is -0.145. The van der Waals surface area contributed by atoms with Crippen LogP contribution in [-0.2, 0) is 9.47 Å². The van der Waals surface area contributed by atoms with Crippen LogP contribution in [0.1, 0.15) is 91.9 Å². The molecule has 2 unspecified atom stereocenters. The van der Waals surface area contributed by atoms with Crippen LogP contribution in [0.2, 0.25) is 0 Å². The quantitative estimate of drug-likeness (QED) is 0.558. The maximum absolute atomic E-state index is 12.4. The molecule has 29 heavy (non-hydrogen) atoms. The van der Waals surface area contributed by atoms with Gasteiger partial charge in [-0.05, 0) is 38.3 Å². The number of benzene rings is 1. The molecule has 1 aromatic carbocycles. The second-order valence-corrected chi connectivity index (χ2v) is 8.13. The molecule has 2 fully saturated rings. The Labute approximate surface area is 180 Å². The van der Waals surface area contributed by atoms with E-state index in [1.54, 1.807) is 0 Å². The zero-order valence-electron chi connectivity index (χ0n) is 20.3. The number of piperidine rings is 1. The van der Waals surface area contributed by atoms with Gasteiger partial charge in [0, 0.05) is 18.7 Å². The molecule has 1 amide bonds. The minimum absolute atomic E-state index is 0.00332. The number of ether oxygens (including phenoxy) is 2. The van der Waals surface area contributed by atoms with Gasteiger partial charge >= 0.3 is 0 Å². The predicted octanol–water partition coefficient (Wildman–Crippen LogP) is 6.55. The Kier molecular flexibility index (Phi) is 13.9. The molecule has 0 radical (unpaired) electrons. The zero-order chi connectivity index (χ0) is 22.4. The Balaban J connectivity index is 0.000000667. The van der Waals surface area contributed by atoms with E-state index < -0.39 is 5.79 Å². The topological polar surface area (TPSA) is 38.8 Å². The van der Waals surface area contributed by atoms with Crippen molar-refractivity contribution < 1.29 is 14.3 Å². The van der Waals surface area contributed by atoms with E-state index in [1.807, 2.05) is 62.9 Å². The molecule has 0 N–H and O–H groups in total. The van der Waals surface area contributed by atoms with E-state index in [0.717, 1.165) is 24.4 Å². The highest BCUT2D eigenvalue weighted by Crippen LogP contribution is 2.33. The van der Waals surface area contributed by atoms with Gasteiger partial charge in [0.2, 0.25) is 0 Å². The van der Waals surface area contributed by atoms with Crippen molar-refractivity contribution in [1.29, 1.82) is 0 Å². The van der Waals surface area contributed by atoms with Crippen molar-refractivity contribution in [2.24, 2.45) is 5.92 Å². The Hall–Kier alpha value is -1.39. The van der Waals surface area contributed by atoms with Crippen molar-refractivity contribution in [3.63, 3.8) is 0 Å². The SMILES string of the molecule is CC.CC1(C)OC2CCN(C(=O)c3ccccc3)CC2O1.CCC.CCC(C)C. The highest BCUT2D eigenvalue weighted by molar-refractivity contribution is 5.94. The summed E-state index contributed by atoms with van der Waals surface area (Å²) < 4.78 is 11.7. The highest BCUT2D eigenvalue weighted by Gasteiger charge is 2.44. The minimum atomic E-state index is -0.527. The fourth-order valence-corrected chi connectivity index (χ4v) is 2.85. The van der Waals surface area contributed by atoms with E-state index in [4.69, 9.17) is 9.47 Å². The summed E-state index contributed by atoms with van der Waals surface area (Å²) in [7, 11) is 0. The molecular weight excluding hydrogens is 362 g/mol. The van der Waals surface area contributed by atoms with Crippen LogP contribution >= 0.6 is 0 Å². The number of carbonyl (C=O) groups excluding carboxylic acids is 1. The first-order chi connectivity index (χ1) is 13.7. The molecule has 0 aromatic heterocycles. The summed E-state index contributed by atoms with van der Waals surface area (Å²) in [5, 5.41) is 0. The normalized spacial score (nSPS) is 21.5. The third-order valence-electron chi connectivity index (χ3n) is 4.49. The molecule has 3 rings (SSSR count). The Morgan fingerprint density at radius 2 is 1.55 bits per heavy atom. The van der Waals surface area contributed by atoms with Crippen LogP contribution in [0.25, 0.3) is 0 Å². The third-order valence-corrected chi connectivity index (χ3v) is 4.49. The Morgan fingerprint density at radius 1 is 1.07 bits per heavy atom. The second kappa shape index (κ2) is 14.6. The first-order valence-electron chi connectivity index (χ1n) is 11.4.